The summed E-state index contributed by atoms with van der Waals surface area (Å²) >= 11 is 0. The predicted octanol–water partition coefficient (Wildman–Crippen LogP) is 3.25. The van der Waals surface area contributed by atoms with Crippen LogP contribution >= 0.6 is 0 Å². The molecule has 3 fully saturated rings. The molecule has 0 aromatic heterocycles. The number of anilines is 1. The van der Waals surface area contributed by atoms with Gasteiger partial charge in [-0.05, 0) is 68.8 Å². The van der Waals surface area contributed by atoms with Crippen molar-refractivity contribution >= 4 is 11.6 Å². The van der Waals surface area contributed by atoms with Crippen LogP contribution in [0.4, 0.5) is 18.9 Å². The number of ether oxygens (including phenoxy) is 1. The predicted molar refractivity (Wildman–Crippen MR) is 114 cm³/mol. The summed E-state index contributed by atoms with van der Waals surface area (Å²) in [4.78, 5) is 19.0. The summed E-state index contributed by atoms with van der Waals surface area (Å²) in [5, 5.41) is 10.4. The molecule has 2 atom stereocenters. The van der Waals surface area contributed by atoms with Crippen LogP contribution in [0.25, 0.3) is 0 Å². The number of aliphatic hydroxyl groups excluding tert-OH is 1. The molecule has 2 aliphatic heterocycles. The van der Waals surface area contributed by atoms with Crippen LogP contribution in [-0.2, 0) is 4.79 Å². The molecule has 0 radical (unpaired) electrons. The third-order valence-corrected chi connectivity index (χ3v) is 7.31. The maximum atomic E-state index is 12.7. The van der Waals surface area contributed by atoms with E-state index < -0.39 is 6.36 Å². The number of benzene rings is 1. The number of alkyl halides is 3. The Morgan fingerprint density at radius 3 is 2.47 bits per heavy atom. The van der Waals surface area contributed by atoms with Crippen molar-refractivity contribution in [1.82, 2.24) is 9.80 Å². The lowest BCUT2D eigenvalue weighted by Crippen LogP contribution is -2.47. The highest BCUT2D eigenvalue weighted by Crippen LogP contribution is 2.53. The normalized spacial score (nSPS) is 25.0. The van der Waals surface area contributed by atoms with Crippen LogP contribution in [0.5, 0.6) is 5.75 Å². The van der Waals surface area contributed by atoms with Gasteiger partial charge in [0.1, 0.15) is 5.75 Å². The number of β-amino-alcohol motifs (C(OH)–C–C–N with tert-alkyl or cyclic N) is 1. The van der Waals surface area contributed by atoms with Crippen LogP contribution in [0.15, 0.2) is 24.3 Å². The zero-order chi connectivity index (χ0) is 22.9. The van der Waals surface area contributed by atoms with Gasteiger partial charge in [-0.25, -0.2) is 0 Å². The Balaban J connectivity index is 1.27. The van der Waals surface area contributed by atoms with Gasteiger partial charge in [0.25, 0.3) is 0 Å². The molecule has 1 spiro atoms. The van der Waals surface area contributed by atoms with Gasteiger partial charge in [0, 0.05) is 50.9 Å². The van der Waals surface area contributed by atoms with Gasteiger partial charge < -0.3 is 24.5 Å². The van der Waals surface area contributed by atoms with Crippen molar-refractivity contribution in [1.29, 1.82) is 0 Å². The van der Waals surface area contributed by atoms with Crippen LogP contribution in [0.2, 0.25) is 0 Å². The highest BCUT2D eigenvalue weighted by atomic mass is 19.4. The number of hydrogen-bond donors (Lipinski definition) is 1. The van der Waals surface area contributed by atoms with Crippen LogP contribution in [0, 0.1) is 5.41 Å². The molecule has 6 nitrogen and oxygen atoms in total. The first-order chi connectivity index (χ1) is 15.2. The number of rotatable bonds is 6. The second kappa shape index (κ2) is 9.09. The summed E-state index contributed by atoms with van der Waals surface area (Å²) in [5.41, 5.74) is 0.974. The third-order valence-electron chi connectivity index (χ3n) is 7.31. The topological polar surface area (TPSA) is 56.3 Å². The van der Waals surface area contributed by atoms with Gasteiger partial charge >= 0.3 is 6.36 Å². The largest absolute Gasteiger partial charge is 0.573 e. The van der Waals surface area contributed by atoms with Crippen molar-refractivity contribution in [2.45, 2.75) is 57.5 Å². The summed E-state index contributed by atoms with van der Waals surface area (Å²) < 4.78 is 41.0. The number of piperidine rings is 1. The molecule has 0 unspecified atom stereocenters. The van der Waals surface area contributed by atoms with Gasteiger partial charge in [-0.3, -0.25) is 4.79 Å². The lowest BCUT2D eigenvalue weighted by molar-refractivity contribution is -0.274. The molecule has 1 aromatic carbocycles. The van der Waals surface area contributed by atoms with E-state index in [1.807, 2.05) is 9.80 Å². The quantitative estimate of drug-likeness (QED) is 0.714. The second-order valence-corrected chi connectivity index (χ2v) is 9.43. The first kappa shape index (κ1) is 23.2. The Morgan fingerprint density at radius 2 is 1.84 bits per heavy atom. The summed E-state index contributed by atoms with van der Waals surface area (Å²) in [6, 6.07) is 5.89. The molecule has 1 saturated carbocycles. The van der Waals surface area contributed by atoms with Crippen molar-refractivity contribution in [3.8, 4) is 5.75 Å². The van der Waals surface area contributed by atoms with Crippen molar-refractivity contribution in [2.24, 2.45) is 5.41 Å². The van der Waals surface area contributed by atoms with Crippen LogP contribution in [0.3, 0.4) is 0 Å². The molecule has 1 N–H and O–H groups in total. The maximum Gasteiger partial charge on any atom is 0.573 e. The van der Waals surface area contributed by atoms with Gasteiger partial charge in [-0.2, -0.15) is 0 Å². The Morgan fingerprint density at radius 1 is 1.12 bits per heavy atom. The molecule has 1 aromatic rings. The zero-order valence-electron chi connectivity index (χ0n) is 18.5. The number of halogens is 3. The number of carbonyl (C=O) groups excluding carboxylic acids is 1. The van der Waals surface area contributed by atoms with E-state index >= 15 is 0 Å². The van der Waals surface area contributed by atoms with Gasteiger partial charge in [-0.1, -0.05) is 0 Å². The molecular formula is C23H32F3N3O3. The minimum atomic E-state index is -4.71. The van der Waals surface area contributed by atoms with E-state index in [1.54, 1.807) is 12.1 Å². The van der Waals surface area contributed by atoms with Gasteiger partial charge in [0.15, 0.2) is 0 Å². The Labute approximate surface area is 186 Å². The summed E-state index contributed by atoms with van der Waals surface area (Å²) in [5.74, 6) is -0.148. The van der Waals surface area contributed by atoms with Crippen molar-refractivity contribution in [3.63, 3.8) is 0 Å². The average Bonchev–Trinajstić information content (AvgIpc) is 3.53. The summed E-state index contributed by atoms with van der Waals surface area (Å²) in [7, 11) is 0. The number of hydrogen-bond acceptors (Lipinski definition) is 5. The van der Waals surface area contributed by atoms with Crippen LogP contribution < -0.4 is 9.64 Å². The molecule has 1 aliphatic carbocycles. The van der Waals surface area contributed by atoms with Crippen molar-refractivity contribution < 1.29 is 27.8 Å². The van der Waals surface area contributed by atoms with E-state index in [0.29, 0.717) is 26.1 Å². The zero-order valence-corrected chi connectivity index (χ0v) is 18.5. The monoisotopic (exact) mass is 455 g/mol. The van der Waals surface area contributed by atoms with Crippen LogP contribution in [-0.4, -0.2) is 78.6 Å². The third kappa shape index (κ3) is 5.49. The Hall–Kier alpha value is -2.00. The SMILES string of the molecule is C[C@H](CCN1CCC2(CC2)[C@H](O)C1)N1CCN(c2ccc(OC(F)(F)F)cc2)CCC1=O. The maximum absolute atomic E-state index is 12.7. The molecule has 2 heterocycles. The molecule has 32 heavy (non-hydrogen) atoms. The minimum absolute atomic E-state index is 0.0963. The molecule has 3 aliphatic rings. The lowest BCUT2D eigenvalue weighted by Gasteiger charge is -2.37. The molecule has 2 saturated heterocycles. The first-order valence-corrected chi connectivity index (χ1v) is 11.5. The highest BCUT2D eigenvalue weighted by Gasteiger charge is 2.51. The van der Waals surface area contributed by atoms with Gasteiger partial charge in [0.05, 0.1) is 6.10 Å². The molecule has 1 amide bonds. The van der Waals surface area contributed by atoms with Gasteiger partial charge in [-0.15, -0.1) is 13.2 Å². The van der Waals surface area contributed by atoms with E-state index in [2.05, 4.69) is 16.6 Å². The second-order valence-electron chi connectivity index (χ2n) is 9.43. The van der Waals surface area contributed by atoms with Crippen LogP contribution in [0.1, 0.15) is 39.0 Å². The fourth-order valence-electron chi connectivity index (χ4n) is 4.97. The first-order valence-electron chi connectivity index (χ1n) is 11.5. The van der Waals surface area contributed by atoms with E-state index in [4.69, 9.17) is 0 Å². The number of likely N-dealkylation sites (tertiary alicyclic amines) is 1. The van der Waals surface area contributed by atoms with E-state index in [1.165, 1.54) is 12.1 Å². The van der Waals surface area contributed by atoms with E-state index in [0.717, 1.165) is 51.0 Å². The lowest BCUT2D eigenvalue weighted by atomic mass is 9.90. The van der Waals surface area contributed by atoms with E-state index in [-0.39, 0.29) is 29.2 Å². The molecule has 178 valence electrons. The van der Waals surface area contributed by atoms with Gasteiger partial charge in [0.2, 0.25) is 5.91 Å². The van der Waals surface area contributed by atoms with E-state index in [9.17, 15) is 23.1 Å². The minimum Gasteiger partial charge on any atom is -0.406 e. The smallest absolute Gasteiger partial charge is 0.406 e. The molecule has 0 bridgehead atoms. The average molecular weight is 456 g/mol. The van der Waals surface area contributed by atoms with Crippen molar-refractivity contribution in [3.05, 3.63) is 24.3 Å². The standard InChI is InChI=1S/C23H32F3N3O3/c1-17(6-11-27-13-10-22(8-9-22)20(30)16-27)29-15-14-28(12-7-21(29)31)18-2-4-19(5-3-18)32-23(24,25)26/h2-5,17,20,30H,6-16H2,1H3/t17-,20-/m1/s1. The number of nitrogens with zero attached hydrogens (tertiary/aromatic N) is 3. The Bertz CT molecular complexity index is 798. The molecular weight excluding hydrogens is 423 g/mol. The fraction of sp³-hybridized carbons (Fsp3) is 0.696. The highest BCUT2D eigenvalue weighted by molar-refractivity contribution is 5.77. The Kier molecular flexibility index (Phi) is 6.58. The van der Waals surface area contributed by atoms with Crippen molar-refractivity contribution in [2.75, 3.05) is 44.2 Å². The molecule has 4 rings (SSSR count). The number of carbonyl (C=O) groups is 1. The number of amides is 1. The summed E-state index contributed by atoms with van der Waals surface area (Å²) in [6.45, 7) is 6.40. The summed E-state index contributed by atoms with van der Waals surface area (Å²) in [6.07, 6.45) is -0.353. The number of aliphatic hydroxyl groups is 1. The fourth-order valence-corrected chi connectivity index (χ4v) is 4.97. The molecule has 9 heteroatoms.